The van der Waals surface area contributed by atoms with Gasteiger partial charge in [-0.1, -0.05) is 102 Å². The standard InChI is InChI=1S/C70H125N9O16/c1-27-29-32-45(13)61(83)60(63(85)73-52(28-2)70(92)93-26)79(25)69(91)58(44(11)12)77(23)68(90)55(37-42(7)8)76(22)67(89)54(36-41(5)6)75(21)65(87)48(16)72-62(84)46(14)38-56(81)53(35-40(3)4)74(20)66(88)51(43(9)10)39-57(82)59(78(24)64(86)47(15)71-19)49(17)94-33-30-31-34-95-50(18)80/h27,29,40-49,51-55,58-61,71,83H,28,30-39H2,1-26H3,(H,72,84)(H,73,85)/b29-27+/t45-,46-,47-,48-,49+,51+,52+,53+,54+,55+,58+,59+,60+,61-/m1/s1. The number of carbonyl (C=O) groups excluding carboxylic acids is 12. The van der Waals surface area contributed by atoms with E-state index in [9.17, 15) is 53.1 Å². The van der Waals surface area contributed by atoms with Gasteiger partial charge in [0.2, 0.25) is 47.3 Å². The average Bonchev–Trinajstić information content (AvgIpc) is 0.835. The number of carbonyl (C=O) groups is 12. The molecule has 0 saturated carbocycles. The second-order valence-electron chi connectivity index (χ2n) is 27.9. The Bertz CT molecular complexity index is 2540. The van der Waals surface area contributed by atoms with E-state index in [4.69, 9.17) is 14.2 Å². The van der Waals surface area contributed by atoms with Crippen LogP contribution in [0.2, 0.25) is 0 Å². The van der Waals surface area contributed by atoms with E-state index in [0.717, 1.165) is 4.90 Å². The van der Waals surface area contributed by atoms with Crippen LogP contribution < -0.4 is 16.0 Å². The average molecular weight is 1350 g/mol. The molecule has 0 spiro atoms. The summed E-state index contributed by atoms with van der Waals surface area (Å²) in [5.74, 6) is -10.5. The molecule has 0 aliphatic carbocycles. The lowest BCUT2D eigenvalue weighted by Crippen LogP contribution is -2.63. The lowest BCUT2D eigenvalue weighted by molar-refractivity contribution is -0.157. The number of amides is 8. The van der Waals surface area contributed by atoms with E-state index >= 15 is 9.59 Å². The van der Waals surface area contributed by atoms with Crippen molar-refractivity contribution in [3.63, 3.8) is 0 Å². The van der Waals surface area contributed by atoms with Crippen molar-refractivity contribution in [3.05, 3.63) is 12.2 Å². The van der Waals surface area contributed by atoms with Crippen LogP contribution in [0, 0.1) is 47.3 Å². The lowest BCUT2D eigenvalue weighted by atomic mass is 9.85. The molecule has 546 valence electrons. The number of rotatable bonds is 44. The molecule has 0 aliphatic heterocycles. The number of esters is 2. The van der Waals surface area contributed by atoms with E-state index in [1.165, 1.54) is 94.7 Å². The van der Waals surface area contributed by atoms with Crippen LogP contribution in [0.15, 0.2) is 12.2 Å². The number of ketones is 2. The van der Waals surface area contributed by atoms with Crippen LogP contribution in [0.5, 0.6) is 0 Å². The molecule has 25 heteroatoms. The van der Waals surface area contributed by atoms with Gasteiger partial charge >= 0.3 is 11.9 Å². The molecule has 0 bridgehead atoms. The first-order valence-electron chi connectivity index (χ1n) is 34.1. The number of aliphatic hydroxyl groups excluding tert-OH is 1. The largest absolute Gasteiger partial charge is 0.467 e. The van der Waals surface area contributed by atoms with Crippen LogP contribution in [0.3, 0.4) is 0 Å². The smallest absolute Gasteiger partial charge is 0.328 e. The van der Waals surface area contributed by atoms with Gasteiger partial charge in [0.15, 0.2) is 11.6 Å². The molecule has 0 aromatic heterocycles. The van der Waals surface area contributed by atoms with Crippen molar-refractivity contribution in [1.29, 1.82) is 0 Å². The minimum atomic E-state index is -1.51. The van der Waals surface area contributed by atoms with Crippen molar-refractivity contribution < 1.29 is 76.9 Å². The number of aliphatic hydroxyl groups is 1. The molecule has 0 aromatic carbocycles. The van der Waals surface area contributed by atoms with Gasteiger partial charge in [0, 0.05) is 80.5 Å². The Hall–Kier alpha value is -6.34. The number of unbranched alkanes of at least 4 members (excludes halogenated alkanes) is 1. The fraction of sp³-hybridized carbons (Fsp3) is 0.800. The Kier molecular flexibility index (Phi) is 40.2. The summed E-state index contributed by atoms with van der Waals surface area (Å²) in [6.45, 7) is 31.6. The second-order valence-corrected chi connectivity index (χ2v) is 27.9. The maximum atomic E-state index is 15.1. The Balaban J connectivity index is 6.95. The highest BCUT2D eigenvalue weighted by Crippen LogP contribution is 2.28. The molecule has 0 fully saturated rings. The molecule has 0 aromatic rings. The molecule has 0 radical (unpaired) electrons. The molecular weight excluding hydrogens is 1220 g/mol. The molecule has 0 saturated heterocycles. The number of methoxy groups -OCH3 is 1. The van der Waals surface area contributed by atoms with Gasteiger partial charge < -0.3 is 64.7 Å². The van der Waals surface area contributed by atoms with E-state index in [0.29, 0.717) is 19.3 Å². The van der Waals surface area contributed by atoms with Crippen molar-refractivity contribution >= 4 is 70.8 Å². The second kappa shape index (κ2) is 43.1. The fourth-order valence-electron chi connectivity index (χ4n) is 11.7. The van der Waals surface area contributed by atoms with Crippen LogP contribution in [-0.4, -0.2) is 242 Å². The van der Waals surface area contributed by atoms with Crippen molar-refractivity contribution in [3.8, 4) is 0 Å². The first kappa shape index (κ1) is 88.7. The van der Waals surface area contributed by atoms with Gasteiger partial charge in [-0.2, -0.15) is 0 Å². The topological polar surface area (TPSA) is 308 Å². The number of likely N-dealkylation sites (N-methyl/N-ethyl adjacent to an activating group) is 7. The third kappa shape index (κ3) is 27.6. The van der Waals surface area contributed by atoms with Gasteiger partial charge in [-0.25, -0.2) is 4.79 Å². The first-order valence-corrected chi connectivity index (χ1v) is 34.1. The zero-order chi connectivity index (χ0) is 73.8. The molecule has 0 heterocycles. The first-order chi connectivity index (χ1) is 44.0. The summed E-state index contributed by atoms with van der Waals surface area (Å²) in [6, 6.07) is -10.0. The summed E-state index contributed by atoms with van der Waals surface area (Å²) in [5, 5.41) is 20.1. The van der Waals surface area contributed by atoms with Crippen molar-refractivity contribution in [2.24, 2.45) is 47.3 Å². The molecular formula is C70H125N9O16. The SMILES string of the molecule is C/C=C/C[C@@H](C)[C@@H](O)[C@@H](C(=O)N[C@@H](CC)C(=O)OC)N(C)C(=O)[C@H](C(C)C)N(C)C(=O)[C@H](CC(C)C)N(C)C(=O)[C@H](CC(C)C)N(C)C(=O)[C@@H](C)NC(=O)[C@H](C)CC(=O)[C@H](CC(C)C)N(C)C(=O)[C@@H](CC(=O)[C@H]([C@H](C)OCCCCOC(C)=O)N(C)C(=O)[C@@H](C)NC)C(C)C. The molecule has 25 nitrogen and oxygen atoms in total. The minimum Gasteiger partial charge on any atom is -0.467 e. The number of nitrogens with one attached hydrogen (secondary N) is 3. The summed E-state index contributed by atoms with van der Waals surface area (Å²) in [7, 11) is 11.5. The normalized spacial score (nSPS) is 16.2. The zero-order valence-electron chi connectivity index (χ0n) is 62.7. The van der Waals surface area contributed by atoms with Crippen LogP contribution >= 0.6 is 0 Å². The van der Waals surface area contributed by atoms with E-state index in [1.54, 1.807) is 68.5 Å². The van der Waals surface area contributed by atoms with Crippen LogP contribution in [0.4, 0.5) is 0 Å². The number of nitrogens with zero attached hydrogens (tertiary/aromatic N) is 6. The van der Waals surface area contributed by atoms with E-state index in [1.807, 2.05) is 54.5 Å². The number of hydrogen-bond acceptors (Lipinski definition) is 17. The summed E-state index contributed by atoms with van der Waals surface area (Å²) in [6.07, 6.45) is 2.90. The summed E-state index contributed by atoms with van der Waals surface area (Å²) >= 11 is 0. The monoisotopic (exact) mass is 1350 g/mol. The zero-order valence-corrected chi connectivity index (χ0v) is 62.7. The van der Waals surface area contributed by atoms with Crippen molar-refractivity contribution in [2.75, 3.05) is 69.7 Å². The number of ether oxygens (including phenoxy) is 3. The summed E-state index contributed by atoms with van der Waals surface area (Å²) in [5.41, 5.74) is 0. The van der Waals surface area contributed by atoms with Gasteiger partial charge in [-0.3, -0.25) is 52.7 Å². The predicted octanol–water partition coefficient (Wildman–Crippen LogP) is 5.46. The number of hydrogen-bond donors (Lipinski definition) is 4. The minimum absolute atomic E-state index is 0.0902. The van der Waals surface area contributed by atoms with Crippen molar-refractivity contribution in [2.45, 2.75) is 249 Å². The van der Waals surface area contributed by atoms with E-state index < -0.39 is 161 Å². The Morgan fingerprint density at radius 3 is 1.44 bits per heavy atom. The van der Waals surface area contributed by atoms with Gasteiger partial charge in [0.1, 0.15) is 42.3 Å². The van der Waals surface area contributed by atoms with Gasteiger partial charge in [0.05, 0.1) is 38.0 Å². The molecule has 0 rings (SSSR count). The quantitative estimate of drug-likeness (QED) is 0.0334. The molecule has 8 amide bonds. The summed E-state index contributed by atoms with van der Waals surface area (Å²) in [4.78, 5) is 176. The van der Waals surface area contributed by atoms with E-state index in [2.05, 4.69) is 16.0 Å². The van der Waals surface area contributed by atoms with Gasteiger partial charge in [0.25, 0.3) is 0 Å². The molecule has 95 heavy (non-hydrogen) atoms. The number of allylic oxidation sites excluding steroid dienone is 2. The Labute approximate surface area is 569 Å². The summed E-state index contributed by atoms with van der Waals surface area (Å²) < 4.78 is 16.0. The van der Waals surface area contributed by atoms with Gasteiger partial charge in [-0.05, 0) is 115 Å². The van der Waals surface area contributed by atoms with Crippen molar-refractivity contribution in [1.82, 2.24) is 45.3 Å². The molecule has 0 unspecified atom stereocenters. The Morgan fingerprint density at radius 2 is 0.979 bits per heavy atom. The van der Waals surface area contributed by atoms with Crippen LogP contribution in [0.1, 0.15) is 182 Å². The maximum absolute atomic E-state index is 15.1. The highest BCUT2D eigenvalue weighted by molar-refractivity contribution is 5.99. The lowest BCUT2D eigenvalue weighted by Gasteiger charge is -2.41. The third-order valence-electron chi connectivity index (χ3n) is 17.8. The third-order valence-corrected chi connectivity index (χ3v) is 17.8. The highest BCUT2D eigenvalue weighted by Gasteiger charge is 2.46. The van der Waals surface area contributed by atoms with E-state index in [-0.39, 0.29) is 75.4 Å². The highest BCUT2D eigenvalue weighted by atomic mass is 16.5. The predicted molar refractivity (Wildman–Crippen MR) is 366 cm³/mol. The molecule has 0 aliphatic rings. The fourth-order valence-corrected chi connectivity index (χ4v) is 11.7. The van der Waals surface area contributed by atoms with Gasteiger partial charge in [-0.15, -0.1) is 0 Å². The maximum Gasteiger partial charge on any atom is 0.328 e. The number of Topliss-reactive ketones (excluding diaryl/α,β-unsaturated/α-hetero) is 2. The molecule has 14 atom stereocenters. The van der Waals surface area contributed by atoms with Crippen LogP contribution in [-0.2, 0) is 71.7 Å². The molecule has 4 N–H and O–H groups in total. The Morgan fingerprint density at radius 1 is 0.516 bits per heavy atom. The van der Waals surface area contributed by atoms with Crippen LogP contribution in [0.25, 0.3) is 0 Å².